The van der Waals surface area contributed by atoms with Gasteiger partial charge in [-0.2, -0.15) is 0 Å². The maximum atomic E-state index is 12.5. The summed E-state index contributed by atoms with van der Waals surface area (Å²) in [5.41, 5.74) is 0.884. The molecule has 0 unspecified atom stereocenters. The number of rotatable bonds is 3. The van der Waals surface area contributed by atoms with E-state index >= 15 is 0 Å². The third-order valence-electron chi connectivity index (χ3n) is 3.60. The first-order chi connectivity index (χ1) is 10.6. The normalized spacial score (nSPS) is 17.7. The summed E-state index contributed by atoms with van der Waals surface area (Å²) in [5.74, 6) is -1.37. The van der Waals surface area contributed by atoms with Crippen molar-refractivity contribution in [2.75, 3.05) is 6.54 Å². The van der Waals surface area contributed by atoms with E-state index < -0.39 is 12.0 Å². The predicted molar refractivity (Wildman–Crippen MR) is 75.9 cm³/mol. The van der Waals surface area contributed by atoms with Crippen LogP contribution in [0.15, 0.2) is 24.5 Å². The Morgan fingerprint density at radius 3 is 2.82 bits per heavy atom. The van der Waals surface area contributed by atoms with E-state index in [-0.39, 0.29) is 16.5 Å². The molecule has 2 heterocycles. The zero-order valence-corrected chi connectivity index (χ0v) is 12.1. The number of nitrogens with zero attached hydrogens (tertiary/aromatic N) is 5. The average molecular weight is 322 g/mol. The highest BCUT2D eigenvalue weighted by molar-refractivity contribution is 6.34. The van der Waals surface area contributed by atoms with E-state index in [0.29, 0.717) is 25.1 Å². The number of tetrazole rings is 1. The van der Waals surface area contributed by atoms with E-state index in [1.807, 2.05) is 0 Å². The Bertz CT molecular complexity index is 718. The van der Waals surface area contributed by atoms with Gasteiger partial charge in [-0.25, -0.2) is 9.48 Å². The van der Waals surface area contributed by atoms with E-state index in [1.54, 1.807) is 18.2 Å². The number of carbonyl (C=O) groups excluding carboxylic acids is 1. The molecule has 9 heteroatoms. The van der Waals surface area contributed by atoms with Gasteiger partial charge in [0.15, 0.2) is 0 Å². The van der Waals surface area contributed by atoms with Crippen LogP contribution in [0.1, 0.15) is 23.2 Å². The van der Waals surface area contributed by atoms with Crippen LogP contribution in [-0.2, 0) is 4.79 Å². The molecular formula is C13H12ClN5O3. The van der Waals surface area contributed by atoms with Crippen LogP contribution in [0.4, 0.5) is 0 Å². The van der Waals surface area contributed by atoms with Gasteiger partial charge in [0.05, 0.1) is 16.3 Å². The highest BCUT2D eigenvalue weighted by Gasteiger charge is 2.35. The molecule has 1 saturated heterocycles. The molecule has 0 saturated carbocycles. The van der Waals surface area contributed by atoms with Crippen LogP contribution in [0.2, 0.25) is 5.02 Å². The van der Waals surface area contributed by atoms with Crippen molar-refractivity contribution < 1.29 is 14.7 Å². The van der Waals surface area contributed by atoms with Crippen molar-refractivity contribution in [1.29, 1.82) is 0 Å². The lowest BCUT2D eigenvalue weighted by Gasteiger charge is -2.22. The van der Waals surface area contributed by atoms with Crippen LogP contribution in [0.25, 0.3) is 5.69 Å². The molecule has 0 radical (unpaired) electrons. The summed E-state index contributed by atoms with van der Waals surface area (Å²) in [6.45, 7) is 0.418. The fourth-order valence-corrected chi connectivity index (χ4v) is 2.78. The quantitative estimate of drug-likeness (QED) is 0.905. The summed E-state index contributed by atoms with van der Waals surface area (Å²) in [4.78, 5) is 25.0. The van der Waals surface area contributed by atoms with Gasteiger partial charge in [-0.05, 0) is 41.5 Å². The van der Waals surface area contributed by atoms with Gasteiger partial charge in [0.2, 0.25) is 0 Å². The predicted octanol–water partition coefficient (Wildman–Crippen LogP) is 1.00. The molecule has 22 heavy (non-hydrogen) atoms. The lowest BCUT2D eigenvalue weighted by Crippen LogP contribution is -2.40. The van der Waals surface area contributed by atoms with Gasteiger partial charge < -0.3 is 10.0 Å². The fraction of sp³-hybridized carbons (Fsp3) is 0.308. The molecule has 0 spiro atoms. The Kier molecular flexibility index (Phi) is 3.76. The number of likely N-dealkylation sites (tertiary alicyclic amines) is 1. The number of aliphatic carboxylic acids is 1. The summed E-state index contributed by atoms with van der Waals surface area (Å²) < 4.78 is 1.41. The van der Waals surface area contributed by atoms with Crippen molar-refractivity contribution in [2.24, 2.45) is 0 Å². The molecule has 114 valence electrons. The lowest BCUT2D eigenvalue weighted by atomic mass is 10.1. The molecule has 1 aliphatic rings. The molecule has 1 fully saturated rings. The summed E-state index contributed by atoms with van der Waals surface area (Å²) >= 11 is 6.17. The number of hydrogen-bond donors (Lipinski definition) is 1. The van der Waals surface area contributed by atoms with Gasteiger partial charge in [-0.3, -0.25) is 4.79 Å². The first kappa shape index (κ1) is 14.5. The van der Waals surface area contributed by atoms with Gasteiger partial charge in [0.1, 0.15) is 12.4 Å². The second-order valence-electron chi connectivity index (χ2n) is 4.91. The largest absolute Gasteiger partial charge is 0.480 e. The Morgan fingerprint density at radius 2 is 2.18 bits per heavy atom. The number of carboxylic acids is 1. The Balaban J connectivity index is 1.89. The molecule has 1 N–H and O–H groups in total. The molecule has 0 aliphatic carbocycles. The zero-order chi connectivity index (χ0) is 15.7. The molecule has 8 nitrogen and oxygen atoms in total. The highest BCUT2D eigenvalue weighted by Crippen LogP contribution is 2.25. The maximum absolute atomic E-state index is 12.5. The van der Waals surface area contributed by atoms with Gasteiger partial charge in [-0.1, -0.05) is 11.6 Å². The van der Waals surface area contributed by atoms with Crippen LogP contribution in [-0.4, -0.2) is 54.7 Å². The molecule has 0 bridgehead atoms. The van der Waals surface area contributed by atoms with Crippen LogP contribution in [0, 0.1) is 0 Å². The third kappa shape index (κ3) is 2.52. The SMILES string of the molecule is O=C(O)[C@H]1CCCN1C(=O)c1ccc(-n2cnnn2)cc1Cl. The van der Waals surface area contributed by atoms with Crippen molar-refractivity contribution in [3.05, 3.63) is 35.1 Å². The molecule has 1 aromatic carbocycles. The number of aromatic nitrogens is 4. The summed E-state index contributed by atoms with van der Waals surface area (Å²) in [5, 5.41) is 20.2. The highest BCUT2D eigenvalue weighted by atomic mass is 35.5. The molecule has 1 atom stereocenters. The molecule has 3 rings (SSSR count). The van der Waals surface area contributed by atoms with E-state index in [9.17, 15) is 9.59 Å². The summed E-state index contributed by atoms with van der Waals surface area (Å²) in [6, 6.07) is 3.99. The number of carboxylic acid groups (broad SMARTS) is 1. The molecule has 1 aliphatic heterocycles. The van der Waals surface area contributed by atoms with Gasteiger partial charge in [-0.15, -0.1) is 5.10 Å². The standard InChI is InChI=1S/C13H12ClN5O3/c14-10-6-8(19-7-15-16-17-19)3-4-9(10)12(20)18-5-1-2-11(18)13(21)22/h3-4,6-7,11H,1-2,5H2,(H,21,22)/t11-/m1/s1. The fourth-order valence-electron chi connectivity index (χ4n) is 2.52. The van der Waals surface area contributed by atoms with Gasteiger partial charge in [0.25, 0.3) is 5.91 Å². The van der Waals surface area contributed by atoms with E-state index in [0.717, 1.165) is 0 Å². The smallest absolute Gasteiger partial charge is 0.326 e. The zero-order valence-electron chi connectivity index (χ0n) is 11.4. The number of hydrogen-bond acceptors (Lipinski definition) is 5. The number of carbonyl (C=O) groups is 2. The number of amides is 1. The third-order valence-corrected chi connectivity index (χ3v) is 3.91. The van der Waals surface area contributed by atoms with Crippen molar-refractivity contribution in [3.8, 4) is 5.69 Å². The molecule has 2 aromatic rings. The summed E-state index contributed by atoms with van der Waals surface area (Å²) in [6.07, 6.45) is 2.54. The second kappa shape index (κ2) is 5.72. The van der Waals surface area contributed by atoms with E-state index in [1.165, 1.54) is 15.9 Å². The van der Waals surface area contributed by atoms with E-state index in [4.69, 9.17) is 16.7 Å². The monoisotopic (exact) mass is 321 g/mol. The van der Waals surface area contributed by atoms with Crippen LogP contribution in [0.5, 0.6) is 0 Å². The minimum absolute atomic E-state index is 0.231. The molecular weight excluding hydrogens is 310 g/mol. The Hall–Kier alpha value is -2.48. The first-order valence-corrected chi connectivity index (χ1v) is 7.02. The lowest BCUT2D eigenvalue weighted by molar-refractivity contribution is -0.141. The van der Waals surface area contributed by atoms with Gasteiger partial charge >= 0.3 is 5.97 Å². The van der Waals surface area contributed by atoms with Gasteiger partial charge in [0, 0.05) is 6.54 Å². The van der Waals surface area contributed by atoms with Crippen molar-refractivity contribution >= 4 is 23.5 Å². The summed E-state index contributed by atoms with van der Waals surface area (Å²) in [7, 11) is 0. The first-order valence-electron chi connectivity index (χ1n) is 6.64. The minimum atomic E-state index is -0.993. The van der Waals surface area contributed by atoms with Crippen molar-refractivity contribution in [1.82, 2.24) is 25.1 Å². The topological polar surface area (TPSA) is 101 Å². The van der Waals surface area contributed by atoms with Crippen molar-refractivity contribution in [3.63, 3.8) is 0 Å². The second-order valence-corrected chi connectivity index (χ2v) is 5.32. The Morgan fingerprint density at radius 1 is 1.36 bits per heavy atom. The maximum Gasteiger partial charge on any atom is 0.326 e. The van der Waals surface area contributed by atoms with Crippen LogP contribution in [0.3, 0.4) is 0 Å². The van der Waals surface area contributed by atoms with Crippen molar-refractivity contribution in [2.45, 2.75) is 18.9 Å². The Labute approximate surface area is 130 Å². The average Bonchev–Trinajstić information content (AvgIpc) is 3.17. The molecule has 1 amide bonds. The van der Waals surface area contributed by atoms with Crippen LogP contribution >= 0.6 is 11.6 Å². The minimum Gasteiger partial charge on any atom is -0.480 e. The number of halogens is 1. The van der Waals surface area contributed by atoms with Crippen LogP contribution < -0.4 is 0 Å². The number of benzene rings is 1. The van der Waals surface area contributed by atoms with E-state index in [2.05, 4.69) is 15.5 Å². The molecule has 1 aromatic heterocycles.